The zero-order chi connectivity index (χ0) is 18.9. The number of amides is 1. The molecule has 0 aromatic heterocycles. The molecule has 134 valence electrons. The van der Waals surface area contributed by atoms with Gasteiger partial charge in [0, 0.05) is 22.6 Å². The topological polar surface area (TPSA) is 79.2 Å². The van der Waals surface area contributed by atoms with Crippen LogP contribution in [0.5, 0.6) is 5.75 Å². The number of Topliss-reactive ketones (excluding diaryl/α,β-unsaturated/α-hetero) is 1. The molecule has 0 bridgehead atoms. The van der Waals surface area contributed by atoms with Crippen molar-refractivity contribution in [1.29, 1.82) is 5.26 Å². The van der Waals surface area contributed by atoms with Crippen LogP contribution in [0.25, 0.3) is 0 Å². The van der Waals surface area contributed by atoms with Crippen LogP contribution in [0.2, 0.25) is 0 Å². The lowest BCUT2D eigenvalue weighted by Crippen LogP contribution is -2.14. The number of ether oxygens (including phenoxy) is 1. The number of methoxy groups -OCH3 is 1. The van der Waals surface area contributed by atoms with Gasteiger partial charge in [-0.3, -0.25) is 9.59 Å². The Bertz CT molecular complexity index is 826. The van der Waals surface area contributed by atoms with Gasteiger partial charge in [-0.1, -0.05) is 12.1 Å². The molecule has 1 N–H and O–H groups in total. The lowest BCUT2D eigenvalue weighted by molar-refractivity contribution is -0.113. The van der Waals surface area contributed by atoms with Gasteiger partial charge >= 0.3 is 0 Å². The van der Waals surface area contributed by atoms with Crippen molar-refractivity contribution >= 4 is 29.1 Å². The summed E-state index contributed by atoms with van der Waals surface area (Å²) >= 11 is 1.45. The number of thioether (sulfide) groups is 1. The molecular weight excluding hydrogens is 348 g/mol. The second-order valence-corrected chi connectivity index (χ2v) is 6.64. The minimum Gasteiger partial charge on any atom is -0.496 e. The molecule has 0 spiro atoms. The Morgan fingerprint density at radius 2 is 1.92 bits per heavy atom. The molecule has 2 aromatic carbocycles. The molecule has 5 nitrogen and oxygen atoms in total. The van der Waals surface area contributed by atoms with Gasteiger partial charge in [0.25, 0.3) is 0 Å². The van der Waals surface area contributed by atoms with Crippen molar-refractivity contribution in [3.8, 4) is 11.8 Å². The molecule has 0 unspecified atom stereocenters. The van der Waals surface area contributed by atoms with E-state index in [9.17, 15) is 9.59 Å². The zero-order valence-electron chi connectivity index (χ0n) is 14.7. The van der Waals surface area contributed by atoms with Gasteiger partial charge in [-0.2, -0.15) is 5.26 Å². The van der Waals surface area contributed by atoms with E-state index >= 15 is 0 Å². The fraction of sp³-hybridized carbons (Fsp3) is 0.250. The number of nitrogens with zero attached hydrogens (tertiary/aromatic N) is 1. The van der Waals surface area contributed by atoms with Crippen molar-refractivity contribution in [2.45, 2.75) is 19.1 Å². The molecule has 1 amide bonds. The lowest BCUT2D eigenvalue weighted by atomic mass is 10.1. The maximum Gasteiger partial charge on any atom is 0.234 e. The maximum absolute atomic E-state index is 12.1. The molecule has 0 radical (unpaired) electrons. The molecule has 26 heavy (non-hydrogen) atoms. The summed E-state index contributed by atoms with van der Waals surface area (Å²) in [5, 5.41) is 11.5. The van der Waals surface area contributed by atoms with Crippen molar-refractivity contribution in [2.24, 2.45) is 0 Å². The van der Waals surface area contributed by atoms with E-state index in [1.807, 2.05) is 12.1 Å². The highest BCUT2D eigenvalue weighted by Gasteiger charge is 2.09. The summed E-state index contributed by atoms with van der Waals surface area (Å²) in [6, 6.07) is 14.6. The molecule has 0 aliphatic heterocycles. The molecule has 0 saturated carbocycles. The number of carbonyl (C=O) groups is 2. The van der Waals surface area contributed by atoms with Gasteiger partial charge in [-0.05, 0) is 42.8 Å². The highest BCUT2D eigenvalue weighted by Crippen LogP contribution is 2.25. The molecule has 0 atom stereocenters. The molecule has 0 aliphatic carbocycles. The average molecular weight is 368 g/mol. The molecule has 0 heterocycles. The van der Waals surface area contributed by atoms with E-state index in [2.05, 4.69) is 11.4 Å². The summed E-state index contributed by atoms with van der Waals surface area (Å²) in [6.45, 7) is 1.52. The third-order valence-corrected chi connectivity index (χ3v) is 4.68. The number of ketones is 1. The van der Waals surface area contributed by atoms with Crippen molar-refractivity contribution in [3.63, 3.8) is 0 Å². The SMILES string of the molecule is COc1ccc(C(C)=O)cc1CSCC(=O)Nc1ccc(CC#N)cc1. The fourth-order valence-electron chi connectivity index (χ4n) is 2.36. The molecule has 0 fully saturated rings. The molecule has 6 heteroatoms. The van der Waals surface area contributed by atoms with Gasteiger partial charge in [0.2, 0.25) is 5.91 Å². The molecule has 0 saturated heterocycles. The predicted molar refractivity (Wildman–Crippen MR) is 104 cm³/mol. The standard InChI is InChI=1S/C20H20N2O3S/c1-14(23)16-5-8-19(25-2)17(11-16)12-26-13-20(24)22-18-6-3-15(4-7-18)9-10-21/h3-8,11H,9,12-13H2,1-2H3,(H,22,24). The van der Waals surface area contributed by atoms with Crippen LogP contribution in [0.1, 0.15) is 28.4 Å². The Morgan fingerprint density at radius 1 is 1.19 bits per heavy atom. The van der Waals surface area contributed by atoms with Crippen LogP contribution in [-0.2, 0) is 17.0 Å². The van der Waals surface area contributed by atoms with Crippen molar-refractivity contribution in [3.05, 3.63) is 59.2 Å². The Kier molecular flexibility index (Phi) is 7.24. The Labute approximate surface area is 157 Å². The summed E-state index contributed by atoms with van der Waals surface area (Å²) < 4.78 is 5.32. The summed E-state index contributed by atoms with van der Waals surface area (Å²) in [5.74, 6) is 1.45. The van der Waals surface area contributed by atoms with Crippen molar-refractivity contribution in [1.82, 2.24) is 0 Å². The van der Waals surface area contributed by atoms with E-state index in [1.165, 1.54) is 18.7 Å². The Balaban J connectivity index is 1.89. The van der Waals surface area contributed by atoms with Crippen molar-refractivity contribution < 1.29 is 14.3 Å². The fourth-order valence-corrected chi connectivity index (χ4v) is 3.16. The van der Waals surface area contributed by atoms with Crippen LogP contribution >= 0.6 is 11.8 Å². The highest BCUT2D eigenvalue weighted by atomic mass is 32.2. The number of anilines is 1. The van der Waals surface area contributed by atoms with E-state index in [0.29, 0.717) is 29.2 Å². The largest absolute Gasteiger partial charge is 0.496 e. The number of benzene rings is 2. The van der Waals surface area contributed by atoms with Gasteiger partial charge in [0.15, 0.2) is 5.78 Å². The predicted octanol–water partition coefficient (Wildman–Crippen LogP) is 3.84. The lowest BCUT2D eigenvalue weighted by Gasteiger charge is -2.10. The first-order valence-electron chi connectivity index (χ1n) is 8.05. The quantitative estimate of drug-likeness (QED) is 0.716. The first-order chi connectivity index (χ1) is 12.5. The van der Waals surface area contributed by atoms with Crippen LogP contribution in [0.3, 0.4) is 0 Å². The Hall–Kier alpha value is -2.78. The minimum absolute atomic E-state index is 0.00325. The third-order valence-electron chi connectivity index (χ3n) is 3.70. The number of nitrogens with one attached hydrogen (secondary N) is 1. The third kappa shape index (κ3) is 5.64. The first-order valence-corrected chi connectivity index (χ1v) is 9.20. The van der Waals surface area contributed by atoms with E-state index in [4.69, 9.17) is 10.00 Å². The smallest absolute Gasteiger partial charge is 0.234 e. The van der Waals surface area contributed by atoms with Crippen LogP contribution < -0.4 is 10.1 Å². The van der Waals surface area contributed by atoms with Crippen LogP contribution in [-0.4, -0.2) is 24.6 Å². The maximum atomic E-state index is 12.1. The molecule has 2 aromatic rings. The zero-order valence-corrected chi connectivity index (χ0v) is 15.6. The van der Waals surface area contributed by atoms with E-state index < -0.39 is 0 Å². The van der Waals surface area contributed by atoms with Crippen LogP contribution in [0.15, 0.2) is 42.5 Å². The number of rotatable bonds is 8. The van der Waals surface area contributed by atoms with Gasteiger partial charge in [-0.25, -0.2) is 0 Å². The summed E-state index contributed by atoms with van der Waals surface area (Å²) in [5.41, 5.74) is 3.13. The Morgan fingerprint density at radius 3 is 2.54 bits per heavy atom. The number of hydrogen-bond acceptors (Lipinski definition) is 5. The molecular formula is C20H20N2O3S. The van der Waals surface area contributed by atoms with Gasteiger partial charge in [0.05, 0.1) is 25.4 Å². The second-order valence-electron chi connectivity index (χ2n) is 5.66. The first kappa shape index (κ1) is 19.5. The molecule has 0 aliphatic rings. The average Bonchev–Trinajstić information content (AvgIpc) is 2.63. The summed E-state index contributed by atoms with van der Waals surface area (Å²) in [6.07, 6.45) is 0.352. The number of hydrogen-bond donors (Lipinski definition) is 1. The monoisotopic (exact) mass is 368 g/mol. The minimum atomic E-state index is -0.107. The number of nitriles is 1. The van der Waals surface area contributed by atoms with E-state index in [0.717, 1.165) is 11.1 Å². The van der Waals surface area contributed by atoms with Crippen LogP contribution in [0, 0.1) is 11.3 Å². The van der Waals surface area contributed by atoms with Gasteiger partial charge in [0.1, 0.15) is 5.75 Å². The highest BCUT2D eigenvalue weighted by molar-refractivity contribution is 7.99. The van der Waals surface area contributed by atoms with Gasteiger partial charge < -0.3 is 10.1 Å². The van der Waals surface area contributed by atoms with Gasteiger partial charge in [-0.15, -0.1) is 11.8 Å². The molecule has 2 rings (SSSR count). The summed E-state index contributed by atoms with van der Waals surface area (Å²) in [4.78, 5) is 23.6. The van der Waals surface area contributed by atoms with E-state index in [-0.39, 0.29) is 17.4 Å². The second kappa shape index (κ2) is 9.64. The summed E-state index contributed by atoms with van der Waals surface area (Å²) in [7, 11) is 1.58. The normalized spacial score (nSPS) is 10.0. The van der Waals surface area contributed by atoms with E-state index in [1.54, 1.807) is 37.4 Å². The van der Waals surface area contributed by atoms with Crippen LogP contribution in [0.4, 0.5) is 5.69 Å². The number of carbonyl (C=O) groups excluding carboxylic acids is 2. The van der Waals surface area contributed by atoms with Crippen molar-refractivity contribution in [2.75, 3.05) is 18.2 Å².